The van der Waals surface area contributed by atoms with Gasteiger partial charge in [0.15, 0.2) is 0 Å². The van der Waals surface area contributed by atoms with Crippen molar-refractivity contribution in [3.8, 4) is 0 Å². The lowest BCUT2D eigenvalue weighted by atomic mass is 10.1. The summed E-state index contributed by atoms with van der Waals surface area (Å²) < 4.78 is 5.05. The Hall–Kier alpha value is -0.820. The highest BCUT2D eigenvalue weighted by Crippen LogP contribution is 2.08. The van der Waals surface area contributed by atoms with Crippen molar-refractivity contribution in [2.24, 2.45) is 0 Å². The van der Waals surface area contributed by atoms with Crippen molar-refractivity contribution < 1.29 is 4.74 Å². The molecule has 0 fully saturated rings. The van der Waals surface area contributed by atoms with Gasteiger partial charge in [0.25, 0.3) is 0 Å². The summed E-state index contributed by atoms with van der Waals surface area (Å²) in [5.41, 5.74) is 2.82. The molecule has 0 amide bonds. The lowest BCUT2D eigenvalue weighted by Crippen LogP contribution is -1.95. The predicted molar refractivity (Wildman–Crippen MR) is 56.0 cm³/mol. The van der Waals surface area contributed by atoms with Crippen LogP contribution >= 0.6 is 0 Å². The molecular weight excluding hydrogens is 160 g/mol. The molecule has 0 heterocycles. The first kappa shape index (κ1) is 10.3. The van der Waals surface area contributed by atoms with Crippen LogP contribution in [-0.2, 0) is 17.6 Å². The van der Waals surface area contributed by atoms with Crippen LogP contribution in [0.15, 0.2) is 24.3 Å². The Morgan fingerprint density at radius 1 is 1.15 bits per heavy atom. The molecule has 1 aromatic carbocycles. The van der Waals surface area contributed by atoms with Crippen molar-refractivity contribution in [3.05, 3.63) is 35.4 Å². The molecule has 0 bridgehead atoms. The Bertz CT molecular complexity index is 243. The maximum absolute atomic E-state index is 5.05. The van der Waals surface area contributed by atoms with E-state index in [0.29, 0.717) is 0 Å². The highest BCUT2D eigenvalue weighted by Gasteiger charge is 1.94. The van der Waals surface area contributed by atoms with E-state index in [9.17, 15) is 0 Å². The van der Waals surface area contributed by atoms with Gasteiger partial charge < -0.3 is 4.74 Å². The number of rotatable bonds is 5. The van der Waals surface area contributed by atoms with Gasteiger partial charge in [-0.15, -0.1) is 0 Å². The zero-order valence-electron chi connectivity index (χ0n) is 8.55. The van der Waals surface area contributed by atoms with E-state index in [4.69, 9.17) is 4.74 Å². The molecule has 0 aliphatic rings. The normalized spacial score (nSPS) is 10.3. The second kappa shape index (κ2) is 5.76. The van der Waals surface area contributed by atoms with Crippen LogP contribution in [0.5, 0.6) is 0 Å². The minimum Gasteiger partial charge on any atom is -0.384 e. The first-order chi connectivity index (χ1) is 6.36. The van der Waals surface area contributed by atoms with Crippen LogP contribution in [0, 0.1) is 0 Å². The third kappa shape index (κ3) is 3.60. The lowest BCUT2D eigenvalue weighted by molar-refractivity contribution is 0.202. The van der Waals surface area contributed by atoms with E-state index in [1.54, 1.807) is 7.11 Å². The molecule has 0 spiro atoms. The van der Waals surface area contributed by atoms with Gasteiger partial charge in [0.1, 0.15) is 0 Å². The van der Waals surface area contributed by atoms with Crippen LogP contribution in [-0.4, -0.2) is 13.7 Å². The Morgan fingerprint density at radius 3 is 2.46 bits per heavy atom. The fourth-order valence-corrected chi connectivity index (χ4v) is 1.45. The van der Waals surface area contributed by atoms with E-state index in [1.807, 2.05) is 0 Å². The highest BCUT2D eigenvalue weighted by molar-refractivity contribution is 5.23. The minimum atomic E-state index is 0.815. The van der Waals surface area contributed by atoms with Crippen LogP contribution in [0.25, 0.3) is 0 Å². The molecule has 1 rings (SSSR count). The molecule has 13 heavy (non-hydrogen) atoms. The van der Waals surface area contributed by atoms with E-state index in [-0.39, 0.29) is 0 Å². The molecule has 1 heteroatoms. The molecule has 0 saturated carbocycles. The van der Waals surface area contributed by atoms with Crippen molar-refractivity contribution in [1.29, 1.82) is 0 Å². The lowest BCUT2D eigenvalue weighted by Gasteiger charge is -2.03. The molecule has 1 nitrogen and oxygen atoms in total. The first-order valence-corrected chi connectivity index (χ1v) is 4.93. The van der Waals surface area contributed by atoms with Crippen LogP contribution in [0.4, 0.5) is 0 Å². The molecule has 0 aromatic heterocycles. The van der Waals surface area contributed by atoms with Gasteiger partial charge >= 0.3 is 0 Å². The van der Waals surface area contributed by atoms with E-state index in [2.05, 4.69) is 31.2 Å². The van der Waals surface area contributed by atoms with E-state index in [0.717, 1.165) is 13.0 Å². The first-order valence-electron chi connectivity index (χ1n) is 4.93. The zero-order valence-corrected chi connectivity index (χ0v) is 8.55. The fraction of sp³-hybridized carbons (Fsp3) is 0.500. The summed E-state index contributed by atoms with van der Waals surface area (Å²) in [4.78, 5) is 0. The Balaban J connectivity index is 2.56. The average Bonchev–Trinajstić information content (AvgIpc) is 2.16. The van der Waals surface area contributed by atoms with E-state index in [1.165, 1.54) is 24.0 Å². The van der Waals surface area contributed by atoms with Crippen molar-refractivity contribution in [3.63, 3.8) is 0 Å². The third-order valence-electron chi connectivity index (χ3n) is 2.12. The molecule has 0 aliphatic heterocycles. The monoisotopic (exact) mass is 178 g/mol. The number of hydrogen-bond donors (Lipinski definition) is 0. The van der Waals surface area contributed by atoms with Gasteiger partial charge in [-0.2, -0.15) is 0 Å². The number of aryl methyl sites for hydroxylation is 1. The summed E-state index contributed by atoms with van der Waals surface area (Å²) in [5.74, 6) is 0. The van der Waals surface area contributed by atoms with Crippen molar-refractivity contribution in [2.45, 2.75) is 26.2 Å². The summed E-state index contributed by atoms with van der Waals surface area (Å²) in [6, 6.07) is 8.77. The van der Waals surface area contributed by atoms with Gasteiger partial charge in [-0.1, -0.05) is 37.6 Å². The third-order valence-corrected chi connectivity index (χ3v) is 2.12. The van der Waals surface area contributed by atoms with Crippen LogP contribution in [0.1, 0.15) is 24.5 Å². The summed E-state index contributed by atoms with van der Waals surface area (Å²) in [6.45, 7) is 3.03. The number of benzene rings is 1. The maximum Gasteiger partial charge on any atom is 0.0502 e. The van der Waals surface area contributed by atoms with Gasteiger partial charge in [0, 0.05) is 7.11 Å². The fourth-order valence-electron chi connectivity index (χ4n) is 1.45. The van der Waals surface area contributed by atoms with Crippen molar-refractivity contribution >= 4 is 0 Å². The van der Waals surface area contributed by atoms with E-state index >= 15 is 0 Å². The Kier molecular flexibility index (Phi) is 4.55. The Morgan fingerprint density at radius 2 is 1.85 bits per heavy atom. The molecule has 1 aromatic rings. The van der Waals surface area contributed by atoms with Crippen molar-refractivity contribution in [1.82, 2.24) is 0 Å². The van der Waals surface area contributed by atoms with Gasteiger partial charge in [-0.3, -0.25) is 0 Å². The summed E-state index contributed by atoms with van der Waals surface area (Å²) in [7, 11) is 1.75. The smallest absolute Gasteiger partial charge is 0.0502 e. The maximum atomic E-state index is 5.05. The highest BCUT2D eigenvalue weighted by atomic mass is 16.5. The van der Waals surface area contributed by atoms with Gasteiger partial charge in [0.2, 0.25) is 0 Å². The van der Waals surface area contributed by atoms with E-state index < -0.39 is 0 Å². The van der Waals surface area contributed by atoms with Crippen LogP contribution in [0.2, 0.25) is 0 Å². The number of ether oxygens (including phenoxy) is 1. The zero-order chi connectivity index (χ0) is 9.52. The SMILES string of the molecule is CCCc1cccc(CCOC)c1. The van der Waals surface area contributed by atoms with Crippen LogP contribution in [0.3, 0.4) is 0 Å². The molecule has 0 aliphatic carbocycles. The molecule has 0 saturated heterocycles. The second-order valence-electron chi connectivity index (χ2n) is 3.31. The minimum absolute atomic E-state index is 0.815. The standard InChI is InChI=1S/C12H18O/c1-3-5-11-6-4-7-12(10-11)8-9-13-2/h4,6-7,10H,3,5,8-9H2,1-2H3. The van der Waals surface area contributed by atoms with Crippen molar-refractivity contribution in [2.75, 3.05) is 13.7 Å². The average molecular weight is 178 g/mol. The van der Waals surface area contributed by atoms with Crippen LogP contribution < -0.4 is 0 Å². The quantitative estimate of drug-likeness (QED) is 0.673. The molecule has 0 unspecified atom stereocenters. The number of methoxy groups -OCH3 is 1. The van der Waals surface area contributed by atoms with Gasteiger partial charge in [-0.05, 0) is 24.0 Å². The summed E-state index contributed by atoms with van der Waals surface area (Å²) in [5, 5.41) is 0. The molecule has 0 atom stereocenters. The molecule has 72 valence electrons. The second-order valence-corrected chi connectivity index (χ2v) is 3.31. The topological polar surface area (TPSA) is 9.23 Å². The Labute approximate surface area is 80.7 Å². The number of hydrogen-bond acceptors (Lipinski definition) is 1. The molecule has 0 N–H and O–H groups in total. The molecule has 0 radical (unpaired) electrons. The van der Waals surface area contributed by atoms with Gasteiger partial charge in [0.05, 0.1) is 6.61 Å². The van der Waals surface area contributed by atoms with Gasteiger partial charge in [-0.25, -0.2) is 0 Å². The largest absolute Gasteiger partial charge is 0.384 e. The summed E-state index contributed by atoms with van der Waals surface area (Å²) in [6.07, 6.45) is 3.42. The predicted octanol–water partition coefficient (Wildman–Crippen LogP) is 2.83. The molecular formula is C12H18O. The summed E-state index contributed by atoms with van der Waals surface area (Å²) >= 11 is 0.